The van der Waals surface area contributed by atoms with Gasteiger partial charge in [-0.15, -0.1) is 0 Å². The molecule has 1 atom stereocenters. The molecule has 0 amide bonds. The van der Waals surface area contributed by atoms with Gasteiger partial charge in [-0.05, 0) is 37.7 Å². The number of hydrogen-bond acceptors (Lipinski definition) is 2. The van der Waals surface area contributed by atoms with Crippen LogP contribution in [0.1, 0.15) is 37.8 Å². The first-order valence-corrected chi connectivity index (χ1v) is 6.36. The molecule has 2 N–H and O–H groups in total. The monoisotopic (exact) mass is 255 g/mol. The van der Waals surface area contributed by atoms with Crippen molar-refractivity contribution < 1.29 is 13.9 Å². The lowest BCUT2D eigenvalue weighted by Crippen LogP contribution is -2.28. The summed E-state index contributed by atoms with van der Waals surface area (Å²) in [5, 5.41) is 12.2. The van der Waals surface area contributed by atoms with Crippen molar-refractivity contribution in [2.75, 3.05) is 13.2 Å². The van der Waals surface area contributed by atoms with Gasteiger partial charge in [0.2, 0.25) is 0 Å². The molecule has 1 aliphatic carbocycles. The van der Waals surface area contributed by atoms with Gasteiger partial charge in [-0.2, -0.15) is 0 Å². The number of nitrogens with one attached hydrogen (secondary N) is 1. The van der Waals surface area contributed by atoms with Gasteiger partial charge in [-0.25, -0.2) is 8.78 Å². The van der Waals surface area contributed by atoms with Crippen LogP contribution in [0.15, 0.2) is 18.2 Å². The molecule has 2 rings (SSSR count). The van der Waals surface area contributed by atoms with E-state index in [2.05, 4.69) is 5.32 Å². The van der Waals surface area contributed by atoms with E-state index in [0.717, 1.165) is 31.9 Å². The molecule has 1 unspecified atom stereocenters. The smallest absolute Gasteiger partial charge is 0.163 e. The summed E-state index contributed by atoms with van der Waals surface area (Å²) < 4.78 is 26.7. The van der Waals surface area contributed by atoms with Crippen LogP contribution in [0.2, 0.25) is 0 Å². The highest BCUT2D eigenvalue weighted by molar-refractivity contribution is 5.22. The molecule has 1 saturated carbocycles. The largest absolute Gasteiger partial charge is 0.396 e. The Labute approximate surface area is 106 Å². The van der Waals surface area contributed by atoms with Gasteiger partial charge >= 0.3 is 0 Å². The first-order valence-electron chi connectivity index (χ1n) is 6.36. The Hall–Kier alpha value is -1.00. The summed E-state index contributed by atoms with van der Waals surface area (Å²) in [4.78, 5) is 0. The van der Waals surface area contributed by atoms with E-state index in [-0.39, 0.29) is 18.1 Å². The third kappa shape index (κ3) is 2.87. The van der Waals surface area contributed by atoms with Gasteiger partial charge in [0.15, 0.2) is 11.6 Å². The molecule has 0 aromatic heterocycles. The number of benzene rings is 1. The van der Waals surface area contributed by atoms with Crippen LogP contribution in [0.5, 0.6) is 0 Å². The van der Waals surface area contributed by atoms with Crippen molar-refractivity contribution in [1.82, 2.24) is 5.32 Å². The van der Waals surface area contributed by atoms with Gasteiger partial charge in [0.25, 0.3) is 0 Å². The zero-order valence-electron chi connectivity index (χ0n) is 10.5. The SMILES string of the molecule is CC(NCC1(CCO)CC1)c1cccc(F)c1F. The van der Waals surface area contributed by atoms with Crippen LogP contribution >= 0.6 is 0 Å². The van der Waals surface area contributed by atoms with Crippen molar-refractivity contribution in [1.29, 1.82) is 0 Å². The highest BCUT2D eigenvalue weighted by Gasteiger charge is 2.41. The summed E-state index contributed by atoms with van der Waals surface area (Å²) >= 11 is 0. The van der Waals surface area contributed by atoms with Crippen molar-refractivity contribution in [2.24, 2.45) is 5.41 Å². The summed E-state index contributed by atoms with van der Waals surface area (Å²) in [6.45, 7) is 2.75. The van der Waals surface area contributed by atoms with Crippen LogP contribution in [0.3, 0.4) is 0 Å². The normalized spacial score (nSPS) is 18.7. The van der Waals surface area contributed by atoms with E-state index in [4.69, 9.17) is 5.11 Å². The van der Waals surface area contributed by atoms with Crippen LogP contribution in [-0.2, 0) is 0 Å². The predicted molar refractivity (Wildman–Crippen MR) is 66.1 cm³/mol. The molecule has 1 aromatic carbocycles. The van der Waals surface area contributed by atoms with Crippen molar-refractivity contribution in [3.8, 4) is 0 Å². The Balaban J connectivity index is 1.96. The molecule has 0 bridgehead atoms. The van der Waals surface area contributed by atoms with Gasteiger partial charge in [-0.1, -0.05) is 12.1 Å². The summed E-state index contributed by atoms with van der Waals surface area (Å²) in [5.41, 5.74) is 0.530. The molecule has 100 valence electrons. The Morgan fingerprint density at radius 3 is 2.72 bits per heavy atom. The molecule has 0 spiro atoms. The second-order valence-electron chi connectivity index (χ2n) is 5.22. The second kappa shape index (κ2) is 5.33. The summed E-state index contributed by atoms with van der Waals surface area (Å²) in [6.07, 6.45) is 2.97. The molecule has 0 aliphatic heterocycles. The Morgan fingerprint density at radius 2 is 2.11 bits per heavy atom. The minimum Gasteiger partial charge on any atom is -0.396 e. The van der Waals surface area contributed by atoms with Crippen LogP contribution in [0, 0.1) is 17.0 Å². The number of aliphatic hydroxyl groups excluding tert-OH is 1. The molecule has 1 aromatic rings. The van der Waals surface area contributed by atoms with Crippen LogP contribution in [0.25, 0.3) is 0 Å². The molecular weight excluding hydrogens is 236 g/mol. The average molecular weight is 255 g/mol. The molecule has 1 aliphatic rings. The van der Waals surface area contributed by atoms with Gasteiger partial charge in [0, 0.05) is 24.8 Å². The molecule has 1 fully saturated rings. The van der Waals surface area contributed by atoms with E-state index < -0.39 is 11.6 Å². The third-order valence-corrected chi connectivity index (χ3v) is 3.83. The minimum absolute atomic E-state index is 0.173. The fourth-order valence-corrected chi connectivity index (χ4v) is 2.26. The van der Waals surface area contributed by atoms with Gasteiger partial charge < -0.3 is 10.4 Å². The Bertz CT molecular complexity index is 418. The van der Waals surface area contributed by atoms with E-state index in [9.17, 15) is 8.78 Å². The maximum absolute atomic E-state index is 13.6. The van der Waals surface area contributed by atoms with Gasteiger partial charge in [0.05, 0.1) is 0 Å². The van der Waals surface area contributed by atoms with E-state index in [1.165, 1.54) is 6.07 Å². The lowest BCUT2D eigenvalue weighted by Gasteiger charge is -2.20. The fourth-order valence-electron chi connectivity index (χ4n) is 2.26. The van der Waals surface area contributed by atoms with E-state index >= 15 is 0 Å². The lowest BCUT2D eigenvalue weighted by atomic mass is 10.0. The fraction of sp³-hybridized carbons (Fsp3) is 0.571. The first kappa shape index (κ1) is 13.4. The Kier molecular flexibility index (Phi) is 3.97. The summed E-state index contributed by atoms with van der Waals surface area (Å²) in [5.74, 6) is -1.58. The average Bonchev–Trinajstić information content (AvgIpc) is 3.11. The van der Waals surface area contributed by atoms with Gasteiger partial charge in [-0.3, -0.25) is 0 Å². The standard InChI is InChI=1S/C14H19F2NO/c1-10(11-3-2-4-12(15)13(11)16)17-9-14(5-6-14)7-8-18/h2-4,10,17-18H,5-9H2,1H3. The minimum atomic E-state index is -0.808. The molecule has 0 radical (unpaired) electrons. The highest BCUT2D eigenvalue weighted by atomic mass is 19.2. The zero-order chi connectivity index (χ0) is 13.2. The number of aliphatic hydroxyl groups is 1. The lowest BCUT2D eigenvalue weighted by molar-refractivity contribution is 0.242. The van der Waals surface area contributed by atoms with E-state index in [1.54, 1.807) is 6.07 Å². The van der Waals surface area contributed by atoms with Crippen LogP contribution < -0.4 is 5.32 Å². The second-order valence-corrected chi connectivity index (χ2v) is 5.22. The molecule has 0 heterocycles. The topological polar surface area (TPSA) is 32.3 Å². The van der Waals surface area contributed by atoms with Crippen LogP contribution in [-0.4, -0.2) is 18.3 Å². The maximum atomic E-state index is 13.6. The molecule has 2 nitrogen and oxygen atoms in total. The Morgan fingerprint density at radius 1 is 1.39 bits per heavy atom. The van der Waals surface area contributed by atoms with Crippen molar-refractivity contribution >= 4 is 0 Å². The third-order valence-electron chi connectivity index (χ3n) is 3.83. The van der Waals surface area contributed by atoms with Crippen LogP contribution in [0.4, 0.5) is 8.78 Å². The maximum Gasteiger partial charge on any atom is 0.163 e. The predicted octanol–water partition coefficient (Wildman–Crippen LogP) is 2.78. The molecule has 18 heavy (non-hydrogen) atoms. The molecule has 4 heteroatoms. The quantitative estimate of drug-likeness (QED) is 0.819. The van der Waals surface area contributed by atoms with Crippen molar-refractivity contribution in [3.05, 3.63) is 35.4 Å². The number of hydrogen-bond donors (Lipinski definition) is 2. The van der Waals surface area contributed by atoms with E-state index in [0.29, 0.717) is 5.56 Å². The summed E-state index contributed by atoms with van der Waals surface area (Å²) in [6, 6.07) is 4.02. The number of halogens is 2. The number of rotatable bonds is 6. The zero-order valence-corrected chi connectivity index (χ0v) is 10.5. The van der Waals surface area contributed by atoms with Crippen molar-refractivity contribution in [3.63, 3.8) is 0 Å². The van der Waals surface area contributed by atoms with E-state index in [1.807, 2.05) is 6.92 Å². The summed E-state index contributed by atoms with van der Waals surface area (Å²) in [7, 11) is 0. The van der Waals surface area contributed by atoms with Gasteiger partial charge in [0.1, 0.15) is 0 Å². The molecule has 0 saturated heterocycles. The van der Waals surface area contributed by atoms with Crippen molar-refractivity contribution in [2.45, 2.75) is 32.2 Å². The highest BCUT2D eigenvalue weighted by Crippen LogP contribution is 2.48. The molecular formula is C14H19F2NO. The first-order chi connectivity index (χ1) is 8.58.